The second-order valence-corrected chi connectivity index (χ2v) is 6.66. The summed E-state index contributed by atoms with van der Waals surface area (Å²) in [6.45, 7) is 9.10. The highest BCUT2D eigenvalue weighted by Gasteiger charge is 2.10. The Morgan fingerprint density at radius 3 is 2.40 bits per heavy atom. The Morgan fingerprint density at radius 2 is 1.80 bits per heavy atom. The van der Waals surface area contributed by atoms with Crippen LogP contribution in [0.15, 0.2) is 24.3 Å². The minimum absolute atomic E-state index is 0.737. The highest BCUT2D eigenvalue weighted by molar-refractivity contribution is 6.30. The van der Waals surface area contributed by atoms with Gasteiger partial charge in [-0.3, -0.25) is 0 Å². The SMILES string of the molecule is CCCNCC(CCCC(C)C)Cc1ccc(Cl)cc1. The van der Waals surface area contributed by atoms with E-state index in [-0.39, 0.29) is 0 Å². The van der Waals surface area contributed by atoms with Gasteiger partial charge in [0.25, 0.3) is 0 Å². The Bertz CT molecular complexity index is 345. The molecule has 20 heavy (non-hydrogen) atoms. The van der Waals surface area contributed by atoms with Crippen LogP contribution in [0.2, 0.25) is 5.02 Å². The first-order chi connectivity index (χ1) is 9.61. The van der Waals surface area contributed by atoms with E-state index in [1.54, 1.807) is 0 Å². The molecule has 1 nitrogen and oxygen atoms in total. The summed E-state index contributed by atoms with van der Waals surface area (Å²) in [5.41, 5.74) is 1.40. The predicted molar refractivity (Wildman–Crippen MR) is 90.5 cm³/mol. The van der Waals surface area contributed by atoms with Crippen LogP contribution in [-0.4, -0.2) is 13.1 Å². The largest absolute Gasteiger partial charge is 0.316 e. The molecule has 0 aliphatic rings. The standard InChI is InChI=1S/C18H30ClN/c1-4-12-20-14-17(7-5-6-15(2)3)13-16-8-10-18(19)11-9-16/h8-11,15,17,20H,4-7,12-14H2,1-3H3. The van der Waals surface area contributed by atoms with Crippen molar-refractivity contribution in [1.29, 1.82) is 0 Å². The number of hydrogen-bond donors (Lipinski definition) is 1. The molecule has 0 aromatic heterocycles. The zero-order valence-electron chi connectivity index (χ0n) is 13.3. The predicted octanol–water partition coefficient (Wildman–Crippen LogP) is 5.32. The first-order valence-corrected chi connectivity index (χ1v) is 8.44. The number of nitrogens with one attached hydrogen (secondary N) is 1. The van der Waals surface area contributed by atoms with Gasteiger partial charge in [0.15, 0.2) is 0 Å². The van der Waals surface area contributed by atoms with Gasteiger partial charge in [-0.2, -0.15) is 0 Å². The molecule has 0 saturated heterocycles. The van der Waals surface area contributed by atoms with Gasteiger partial charge in [-0.25, -0.2) is 0 Å². The second-order valence-electron chi connectivity index (χ2n) is 6.23. The van der Waals surface area contributed by atoms with E-state index in [1.165, 1.54) is 31.2 Å². The van der Waals surface area contributed by atoms with Crippen molar-refractivity contribution >= 4 is 11.6 Å². The van der Waals surface area contributed by atoms with Crippen molar-refractivity contribution in [2.45, 2.75) is 52.9 Å². The van der Waals surface area contributed by atoms with Crippen LogP contribution in [0.25, 0.3) is 0 Å². The summed E-state index contributed by atoms with van der Waals surface area (Å²) in [5.74, 6) is 1.55. The molecule has 0 radical (unpaired) electrons. The van der Waals surface area contributed by atoms with Crippen LogP contribution in [0.5, 0.6) is 0 Å². The molecule has 114 valence electrons. The van der Waals surface area contributed by atoms with Crippen molar-refractivity contribution < 1.29 is 0 Å². The smallest absolute Gasteiger partial charge is 0.0406 e. The van der Waals surface area contributed by atoms with Gasteiger partial charge in [-0.1, -0.05) is 57.3 Å². The number of halogens is 1. The monoisotopic (exact) mass is 295 g/mol. The molecule has 0 fully saturated rings. The van der Waals surface area contributed by atoms with Crippen LogP contribution in [0.4, 0.5) is 0 Å². The molecule has 0 saturated carbocycles. The van der Waals surface area contributed by atoms with E-state index >= 15 is 0 Å². The highest BCUT2D eigenvalue weighted by Crippen LogP contribution is 2.18. The molecule has 1 aromatic carbocycles. The lowest BCUT2D eigenvalue weighted by Crippen LogP contribution is -2.25. The van der Waals surface area contributed by atoms with E-state index in [1.807, 2.05) is 12.1 Å². The van der Waals surface area contributed by atoms with Crippen molar-refractivity contribution in [2.75, 3.05) is 13.1 Å². The average molecular weight is 296 g/mol. The minimum Gasteiger partial charge on any atom is -0.316 e. The summed E-state index contributed by atoms with van der Waals surface area (Å²) >= 11 is 5.96. The van der Waals surface area contributed by atoms with E-state index in [4.69, 9.17) is 11.6 Å². The summed E-state index contributed by atoms with van der Waals surface area (Å²) in [4.78, 5) is 0. The van der Waals surface area contributed by atoms with Crippen molar-refractivity contribution in [1.82, 2.24) is 5.32 Å². The lowest BCUT2D eigenvalue weighted by atomic mass is 9.92. The molecule has 0 bridgehead atoms. The molecule has 0 spiro atoms. The second kappa shape index (κ2) is 10.2. The molecule has 0 aliphatic heterocycles. The van der Waals surface area contributed by atoms with Crippen LogP contribution in [-0.2, 0) is 6.42 Å². The van der Waals surface area contributed by atoms with Crippen LogP contribution in [0.3, 0.4) is 0 Å². The average Bonchev–Trinajstić information content (AvgIpc) is 2.41. The Kier molecular flexibility index (Phi) is 8.97. The Balaban J connectivity index is 2.45. The Hall–Kier alpha value is -0.530. The van der Waals surface area contributed by atoms with Gasteiger partial charge in [-0.05, 0) is 61.9 Å². The molecular weight excluding hydrogens is 266 g/mol. The summed E-state index contributed by atoms with van der Waals surface area (Å²) in [5, 5.41) is 4.41. The Morgan fingerprint density at radius 1 is 1.10 bits per heavy atom. The minimum atomic E-state index is 0.737. The topological polar surface area (TPSA) is 12.0 Å². The Labute approximate surface area is 130 Å². The van der Waals surface area contributed by atoms with Crippen molar-refractivity contribution in [2.24, 2.45) is 11.8 Å². The maximum atomic E-state index is 5.96. The van der Waals surface area contributed by atoms with Crippen molar-refractivity contribution in [3.63, 3.8) is 0 Å². The van der Waals surface area contributed by atoms with Crippen molar-refractivity contribution in [3.05, 3.63) is 34.9 Å². The number of rotatable bonds is 10. The van der Waals surface area contributed by atoms with Gasteiger partial charge in [0.2, 0.25) is 0 Å². The van der Waals surface area contributed by atoms with E-state index in [9.17, 15) is 0 Å². The maximum Gasteiger partial charge on any atom is 0.0406 e. The quantitative estimate of drug-likeness (QED) is 0.576. The van der Waals surface area contributed by atoms with Gasteiger partial charge in [0, 0.05) is 5.02 Å². The first-order valence-electron chi connectivity index (χ1n) is 8.07. The first kappa shape index (κ1) is 17.5. The third-order valence-electron chi connectivity index (χ3n) is 3.69. The lowest BCUT2D eigenvalue weighted by molar-refractivity contribution is 0.407. The lowest BCUT2D eigenvalue weighted by Gasteiger charge is -2.18. The fourth-order valence-corrected chi connectivity index (χ4v) is 2.65. The van der Waals surface area contributed by atoms with Crippen LogP contribution < -0.4 is 5.32 Å². The third kappa shape index (κ3) is 7.91. The molecule has 2 heteroatoms. The molecule has 1 unspecified atom stereocenters. The van der Waals surface area contributed by atoms with Crippen LogP contribution in [0.1, 0.15) is 52.0 Å². The maximum absolute atomic E-state index is 5.96. The van der Waals surface area contributed by atoms with Gasteiger partial charge in [0.05, 0.1) is 0 Å². The third-order valence-corrected chi connectivity index (χ3v) is 3.94. The molecule has 0 heterocycles. The molecule has 1 atom stereocenters. The zero-order valence-corrected chi connectivity index (χ0v) is 14.0. The molecule has 0 amide bonds. The fourth-order valence-electron chi connectivity index (χ4n) is 2.53. The van der Waals surface area contributed by atoms with E-state index in [2.05, 4.69) is 38.2 Å². The molecule has 0 aliphatic carbocycles. The van der Waals surface area contributed by atoms with Gasteiger partial charge < -0.3 is 5.32 Å². The van der Waals surface area contributed by atoms with Crippen molar-refractivity contribution in [3.8, 4) is 0 Å². The fraction of sp³-hybridized carbons (Fsp3) is 0.667. The highest BCUT2D eigenvalue weighted by atomic mass is 35.5. The van der Waals surface area contributed by atoms with Crippen LogP contribution in [0, 0.1) is 11.8 Å². The normalized spacial score (nSPS) is 12.8. The van der Waals surface area contributed by atoms with E-state index in [0.717, 1.165) is 36.4 Å². The number of benzene rings is 1. The molecular formula is C18H30ClN. The zero-order chi connectivity index (χ0) is 14.8. The van der Waals surface area contributed by atoms with Gasteiger partial charge >= 0.3 is 0 Å². The van der Waals surface area contributed by atoms with Crippen LogP contribution >= 0.6 is 11.6 Å². The van der Waals surface area contributed by atoms with Gasteiger partial charge in [0.1, 0.15) is 0 Å². The summed E-state index contributed by atoms with van der Waals surface area (Å²) < 4.78 is 0. The summed E-state index contributed by atoms with van der Waals surface area (Å²) in [6, 6.07) is 8.33. The van der Waals surface area contributed by atoms with Gasteiger partial charge in [-0.15, -0.1) is 0 Å². The molecule has 1 aromatic rings. The summed E-state index contributed by atoms with van der Waals surface area (Å²) in [7, 11) is 0. The summed E-state index contributed by atoms with van der Waals surface area (Å²) in [6.07, 6.45) is 6.36. The van der Waals surface area contributed by atoms with E-state index in [0.29, 0.717) is 0 Å². The molecule has 1 rings (SSSR count). The number of hydrogen-bond acceptors (Lipinski definition) is 1. The van der Waals surface area contributed by atoms with E-state index < -0.39 is 0 Å². The molecule has 1 N–H and O–H groups in total.